The Bertz CT molecular complexity index is 1350. The van der Waals surface area contributed by atoms with E-state index >= 15 is 0 Å². The molecule has 0 fully saturated rings. The number of aliphatic hydroxyl groups is 3. The lowest BCUT2D eigenvalue weighted by Crippen LogP contribution is -2.55. The van der Waals surface area contributed by atoms with Gasteiger partial charge in [-0.25, -0.2) is 0 Å². The molecule has 0 bridgehead atoms. The lowest BCUT2D eigenvalue weighted by atomic mass is 9.87. The zero-order valence-corrected chi connectivity index (χ0v) is 30.0. The summed E-state index contributed by atoms with van der Waals surface area (Å²) in [6, 6.07) is 8.10. The molecule has 12 heteroatoms. The van der Waals surface area contributed by atoms with Crippen molar-refractivity contribution in [2.45, 2.75) is 83.1 Å². The maximum Gasteiger partial charge on any atom is 0.247 e. The Morgan fingerprint density at radius 2 is 1.74 bits per heavy atom. The third-order valence-corrected chi connectivity index (χ3v) is 9.07. The van der Waals surface area contributed by atoms with Crippen molar-refractivity contribution in [3.8, 4) is 23.0 Å². The van der Waals surface area contributed by atoms with Gasteiger partial charge in [-0.1, -0.05) is 32.6 Å². The molecule has 0 saturated carbocycles. The fourth-order valence-electron chi connectivity index (χ4n) is 5.71. The zero-order valence-electron chi connectivity index (χ0n) is 27.8. The quantitative estimate of drug-likeness (QED) is 0.122. The highest BCUT2D eigenvalue weighted by molar-refractivity contribution is 14.1. The smallest absolute Gasteiger partial charge is 0.247 e. The first-order valence-electron chi connectivity index (χ1n) is 16.1. The third kappa shape index (κ3) is 10.7. The molecular weight excluding hydrogens is 719 g/mol. The van der Waals surface area contributed by atoms with Crippen molar-refractivity contribution >= 4 is 34.4 Å². The van der Waals surface area contributed by atoms with Crippen molar-refractivity contribution in [1.82, 2.24) is 10.2 Å². The highest BCUT2D eigenvalue weighted by Crippen LogP contribution is 2.37. The summed E-state index contributed by atoms with van der Waals surface area (Å²) >= 11 is 2.07. The van der Waals surface area contributed by atoms with Crippen LogP contribution in [0.5, 0.6) is 23.0 Å². The number of hydrogen-bond donors (Lipinski definition) is 4. The monoisotopic (exact) mass is 768 g/mol. The fourth-order valence-corrected chi connectivity index (χ4v) is 6.50. The Labute approximate surface area is 291 Å². The molecule has 3 unspecified atom stereocenters. The standard InChI is InChI=1S/C35H49IN2O9/c1-5-6-7-8-9-10-32(41)38(15-13-24-19-26(44-2)11-12-29(24)45-3)28-20-25(35(43)37-14-16-39)21-30(33(28)42)47-34-27(36)17-23(22-40)18-31(34)46-4/h11-12,17-19,21,28,30,33,39-40,42H,5-10,13-16,20,22H2,1-4H3,(H,37,43). The molecular formula is C35H49IN2O9. The normalized spacial score (nSPS) is 17.4. The predicted octanol–water partition coefficient (Wildman–Crippen LogP) is 4.16. The summed E-state index contributed by atoms with van der Waals surface area (Å²) in [5.74, 6) is 1.48. The van der Waals surface area contributed by atoms with Gasteiger partial charge in [0, 0.05) is 31.5 Å². The van der Waals surface area contributed by atoms with Gasteiger partial charge in [0.2, 0.25) is 11.8 Å². The maximum atomic E-state index is 14.0. The summed E-state index contributed by atoms with van der Waals surface area (Å²) in [4.78, 5) is 28.9. The van der Waals surface area contributed by atoms with E-state index in [1.807, 2.05) is 12.1 Å². The summed E-state index contributed by atoms with van der Waals surface area (Å²) in [6.45, 7) is 2.02. The topological polar surface area (TPSA) is 147 Å². The largest absolute Gasteiger partial charge is 0.497 e. The van der Waals surface area contributed by atoms with E-state index in [4.69, 9.17) is 18.9 Å². The SMILES string of the molecule is CCCCCCCC(=O)N(CCc1cc(OC)ccc1OC)C1CC(C(=O)NCCO)=CC(Oc2c(I)cc(CO)cc2OC)C1O. The van der Waals surface area contributed by atoms with Crippen LogP contribution in [-0.2, 0) is 22.6 Å². The molecule has 11 nitrogen and oxygen atoms in total. The van der Waals surface area contributed by atoms with Crippen LogP contribution < -0.4 is 24.3 Å². The molecule has 0 aliphatic heterocycles. The van der Waals surface area contributed by atoms with E-state index < -0.39 is 24.2 Å². The van der Waals surface area contributed by atoms with Crippen molar-refractivity contribution in [2.24, 2.45) is 0 Å². The minimum absolute atomic E-state index is 0.0549. The predicted molar refractivity (Wildman–Crippen MR) is 187 cm³/mol. The number of halogens is 1. The average molecular weight is 769 g/mol. The van der Waals surface area contributed by atoms with Crippen LogP contribution >= 0.6 is 22.6 Å². The first-order valence-corrected chi connectivity index (χ1v) is 17.2. The molecule has 3 rings (SSSR count). The Morgan fingerprint density at radius 3 is 2.40 bits per heavy atom. The number of unbranched alkanes of at least 4 members (excludes halogenated alkanes) is 4. The van der Waals surface area contributed by atoms with E-state index in [1.54, 1.807) is 43.4 Å². The molecule has 0 heterocycles. The van der Waals surface area contributed by atoms with Gasteiger partial charge >= 0.3 is 0 Å². The molecule has 1 aliphatic carbocycles. The van der Waals surface area contributed by atoms with Crippen LogP contribution in [0.15, 0.2) is 42.0 Å². The van der Waals surface area contributed by atoms with E-state index in [9.17, 15) is 24.9 Å². The van der Waals surface area contributed by atoms with Gasteiger partial charge in [-0.3, -0.25) is 9.59 Å². The van der Waals surface area contributed by atoms with Crippen LogP contribution in [0.25, 0.3) is 0 Å². The van der Waals surface area contributed by atoms with E-state index in [-0.39, 0.29) is 38.6 Å². The van der Waals surface area contributed by atoms with Gasteiger partial charge in [0.05, 0.1) is 44.2 Å². The van der Waals surface area contributed by atoms with E-state index in [1.165, 1.54) is 7.11 Å². The average Bonchev–Trinajstić information content (AvgIpc) is 3.08. The summed E-state index contributed by atoms with van der Waals surface area (Å²) in [6.07, 6.45) is 5.05. The van der Waals surface area contributed by atoms with Gasteiger partial charge in [-0.2, -0.15) is 0 Å². The lowest BCUT2D eigenvalue weighted by Gasteiger charge is -2.41. The van der Waals surface area contributed by atoms with Crippen LogP contribution in [0, 0.1) is 3.57 Å². The van der Waals surface area contributed by atoms with Crippen LogP contribution in [0.2, 0.25) is 0 Å². The molecule has 260 valence electrons. The second-order valence-corrected chi connectivity index (χ2v) is 12.6. The number of methoxy groups -OCH3 is 3. The lowest BCUT2D eigenvalue weighted by molar-refractivity contribution is -0.138. The number of hydrogen-bond acceptors (Lipinski definition) is 9. The summed E-state index contributed by atoms with van der Waals surface area (Å²) in [5.41, 5.74) is 1.80. The van der Waals surface area contributed by atoms with E-state index in [0.29, 0.717) is 57.0 Å². The number of carbonyl (C=O) groups is 2. The number of benzene rings is 2. The zero-order chi connectivity index (χ0) is 34.3. The number of nitrogens with zero attached hydrogens (tertiary/aromatic N) is 1. The molecule has 47 heavy (non-hydrogen) atoms. The molecule has 1 aliphatic rings. The van der Waals surface area contributed by atoms with Crippen LogP contribution in [0.1, 0.15) is 63.0 Å². The first kappa shape index (κ1) is 38.4. The Morgan fingerprint density at radius 1 is 1.00 bits per heavy atom. The number of aliphatic hydroxyl groups excluding tert-OH is 3. The molecule has 2 amide bonds. The molecule has 2 aromatic carbocycles. The second kappa shape index (κ2) is 19.7. The third-order valence-electron chi connectivity index (χ3n) is 8.26. The molecule has 0 saturated heterocycles. The highest BCUT2D eigenvalue weighted by Gasteiger charge is 2.40. The number of rotatable bonds is 19. The number of amides is 2. The van der Waals surface area contributed by atoms with Crippen molar-refractivity contribution in [3.05, 3.63) is 56.7 Å². The minimum Gasteiger partial charge on any atom is -0.497 e. The highest BCUT2D eigenvalue weighted by atomic mass is 127. The Balaban J connectivity index is 2.00. The first-order chi connectivity index (χ1) is 22.7. The molecule has 3 atom stereocenters. The van der Waals surface area contributed by atoms with Gasteiger partial charge in [0.15, 0.2) is 11.5 Å². The Kier molecular flexibility index (Phi) is 16.1. The van der Waals surface area contributed by atoms with Crippen molar-refractivity contribution in [2.75, 3.05) is 41.0 Å². The molecule has 0 radical (unpaired) electrons. The molecule has 0 spiro atoms. The van der Waals surface area contributed by atoms with E-state index in [0.717, 1.165) is 31.2 Å². The number of nitrogens with one attached hydrogen (secondary N) is 1. The summed E-state index contributed by atoms with van der Waals surface area (Å²) in [7, 11) is 4.65. The van der Waals surface area contributed by atoms with E-state index in [2.05, 4.69) is 34.8 Å². The van der Waals surface area contributed by atoms with Gasteiger partial charge in [-0.05, 0) is 83.0 Å². The Hall–Kier alpha value is -3.07. The number of ether oxygens (including phenoxy) is 4. The second-order valence-electron chi connectivity index (χ2n) is 11.5. The minimum atomic E-state index is -1.20. The van der Waals surface area contributed by atoms with Crippen LogP contribution in [-0.4, -0.2) is 91.3 Å². The molecule has 2 aromatic rings. The molecule has 0 aromatic heterocycles. The maximum absolute atomic E-state index is 14.0. The van der Waals surface area contributed by atoms with Gasteiger partial charge < -0.3 is 44.5 Å². The van der Waals surface area contributed by atoms with Gasteiger partial charge in [0.1, 0.15) is 23.7 Å². The fraction of sp³-hybridized carbons (Fsp3) is 0.543. The van der Waals surface area contributed by atoms with Gasteiger partial charge in [0.25, 0.3) is 0 Å². The van der Waals surface area contributed by atoms with Crippen LogP contribution in [0.4, 0.5) is 0 Å². The van der Waals surface area contributed by atoms with Crippen molar-refractivity contribution in [3.63, 3.8) is 0 Å². The summed E-state index contributed by atoms with van der Waals surface area (Å²) in [5, 5.41) is 33.6. The molecule has 4 N–H and O–H groups in total. The van der Waals surface area contributed by atoms with Crippen LogP contribution in [0.3, 0.4) is 0 Å². The van der Waals surface area contributed by atoms with Gasteiger partial charge in [-0.15, -0.1) is 0 Å². The number of carbonyl (C=O) groups excluding carboxylic acids is 2. The van der Waals surface area contributed by atoms with Crippen molar-refractivity contribution in [1.29, 1.82) is 0 Å². The summed E-state index contributed by atoms with van der Waals surface area (Å²) < 4.78 is 23.6. The van der Waals surface area contributed by atoms with Crippen molar-refractivity contribution < 1.29 is 43.9 Å².